The average Bonchev–Trinajstić information content (AvgIpc) is 2.89. The quantitative estimate of drug-likeness (QED) is 0.0514. The molecule has 1 atom stereocenters. The van der Waals surface area contributed by atoms with Crippen LogP contribution in [-0.2, 0) is 28.2 Å². The number of carbonyl (C=O) groups is 2. The van der Waals surface area contributed by atoms with E-state index in [1.54, 1.807) is 0 Å². The van der Waals surface area contributed by atoms with E-state index in [-0.39, 0.29) is 19.4 Å². The molecule has 232 valence electrons. The number of phosphoric acid groups is 1. The van der Waals surface area contributed by atoms with Gasteiger partial charge in [-0.15, -0.1) is 0 Å². The van der Waals surface area contributed by atoms with Crippen LogP contribution >= 0.6 is 7.82 Å². The first-order chi connectivity index (χ1) is 18.8. The van der Waals surface area contributed by atoms with Crippen LogP contribution in [0.4, 0.5) is 0 Å². The van der Waals surface area contributed by atoms with E-state index in [1.807, 2.05) is 0 Å². The maximum Gasteiger partial charge on any atom is 0.469 e. The van der Waals surface area contributed by atoms with Crippen LogP contribution in [0.3, 0.4) is 0 Å². The molecule has 0 aromatic heterocycles. The number of unbranched alkanes of at least 4 members (excludes halogenated alkanes) is 19. The van der Waals surface area contributed by atoms with Crippen molar-refractivity contribution in [1.82, 2.24) is 0 Å². The molecule has 0 aliphatic carbocycles. The van der Waals surface area contributed by atoms with Crippen LogP contribution in [0.1, 0.15) is 162 Å². The molecule has 0 unspecified atom stereocenters. The number of rotatable bonds is 29. The molecule has 0 saturated heterocycles. The molecule has 0 heterocycles. The van der Waals surface area contributed by atoms with Crippen molar-refractivity contribution in [3.05, 3.63) is 0 Å². The Morgan fingerprint density at radius 2 is 0.923 bits per heavy atom. The largest absolute Gasteiger partial charge is 0.469 e. The number of esters is 2. The monoisotopic (exact) mass is 578 g/mol. The second-order valence-electron chi connectivity index (χ2n) is 10.8. The molecule has 0 rings (SSSR count). The summed E-state index contributed by atoms with van der Waals surface area (Å²) >= 11 is 0. The molecule has 0 fully saturated rings. The minimum absolute atomic E-state index is 0.218. The first kappa shape index (κ1) is 38.0. The molecular formula is C30H59O8P. The van der Waals surface area contributed by atoms with Gasteiger partial charge in [0.2, 0.25) is 0 Å². The van der Waals surface area contributed by atoms with E-state index in [9.17, 15) is 14.2 Å². The summed E-state index contributed by atoms with van der Waals surface area (Å²) < 4.78 is 26.1. The normalized spacial score (nSPS) is 12.4. The van der Waals surface area contributed by atoms with Crippen molar-refractivity contribution >= 4 is 19.8 Å². The third-order valence-corrected chi connectivity index (χ3v) is 7.36. The van der Waals surface area contributed by atoms with Crippen molar-refractivity contribution in [2.45, 2.75) is 168 Å². The molecule has 0 spiro atoms. The molecule has 39 heavy (non-hydrogen) atoms. The second-order valence-corrected chi connectivity index (χ2v) is 12.0. The van der Waals surface area contributed by atoms with Crippen LogP contribution in [0.5, 0.6) is 0 Å². The average molecular weight is 579 g/mol. The van der Waals surface area contributed by atoms with Crippen molar-refractivity contribution in [3.8, 4) is 0 Å². The summed E-state index contributed by atoms with van der Waals surface area (Å²) in [6.07, 6.45) is 24.0. The minimum atomic E-state index is -4.73. The molecule has 0 aliphatic rings. The fraction of sp³-hybridized carbons (Fsp3) is 0.933. The molecule has 0 saturated carbocycles. The molecule has 0 aromatic carbocycles. The molecule has 2 N–H and O–H groups in total. The summed E-state index contributed by atoms with van der Waals surface area (Å²) in [6, 6.07) is 0. The van der Waals surface area contributed by atoms with Crippen molar-refractivity contribution in [3.63, 3.8) is 0 Å². The van der Waals surface area contributed by atoms with Crippen molar-refractivity contribution < 1.29 is 37.9 Å². The van der Waals surface area contributed by atoms with Gasteiger partial charge in [-0.2, -0.15) is 0 Å². The van der Waals surface area contributed by atoms with Crippen LogP contribution in [0, 0.1) is 0 Å². The lowest BCUT2D eigenvalue weighted by atomic mass is 10.1. The number of phosphoric ester groups is 1. The Balaban J connectivity index is 4.02. The van der Waals surface area contributed by atoms with E-state index >= 15 is 0 Å². The van der Waals surface area contributed by atoms with Gasteiger partial charge in [-0.25, -0.2) is 4.57 Å². The lowest BCUT2D eigenvalue weighted by molar-refractivity contribution is -0.161. The molecule has 0 aliphatic heterocycles. The van der Waals surface area contributed by atoms with Crippen molar-refractivity contribution in [2.24, 2.45) is 0 Å². The maximum absolute atomic E-state index is 12.2. The summed E-state index contributed by atoms with van der Waals surface area (Å²) in [4.78, 5) is 42.3. The van der Waals surface area contributed by atoms with E-state index in [0.29, 0.717) is 6.42 Å². The van der Waals surface area contributed by atoms with Crippen LogP contribution in [0.25, 0.3) is 0 Å². The molecule has 0 bridgehead atoms. The molecule has 0 radical (unpaired) electrons. The van der Waals surface area contributed by atoms with Crippen LogP contribution in [0.15, 0.2) is 0 Å². The number of carbonyl (C=O) groups excluding carboxylic acids is 2. The molecule has 0 aromatic rings. The smallest absolute Gasteiger partial charge is 0.462 e. The van der Waals surface area contributed by atoms with Gasteiger partial charge in [0.1, 0.15) is 6.61 Å². The van der Waals surface area contributed by atoms with Crippen LogP contribution in [-0.4, -0.2) is 41.0 Å². The van der Waals surface area contributed by atoms with Gasteiger partial charge in [0.15, 0.2) is 6.10 Å². The fourth-order valence-corrected chi connectivity index (χ4v) is 4.85. The Morgan fingerprint density at radius 3 is 1.31 bits per heavy atom. The third kappa shape index (κ3) is 29.8. The highest BCUT2D eigenvalue weighted by atomic mass is 31.2. The Hall–Kier alpha value is -0.950. The lowest BCUT2D eigenvalue weighted by Crippen LogP contribution is -2.29. The highest BCUT2D eigenvalue weighted by Crippen LogP contribution is 2.35. The van der Waals surface area contributed by atoms with Gasteiger partial charge >= 0.3 is 19.8 Å². The van der Waals surface area contributed by atoms with Gasteiger partial charge in [-0.3, -0.25) is 14.1 Å². The molecule has 8 nitrogen and oxygen atoms in total. The van der Waals surface area contributed by atoms with Crippen molar-refractivity contribution in [1.29, 1.82) is 0 Å². The van der Waals surface area contributed by atoms with Crippen LogP contribution in [0.2, 0.25) is 0 Å². The Labute approximate surface area is 238 Å². The van der Waals surface area contributed by atoms with Gasteiger partial charge in [0.05, 0.1) is 6.61 Å². The topological polar surface area (TPSA) is 119 Å². The first-order valence-corrected chi connectivity index (χ1v) is 17.4. The summed E-state index contributed by atoms with van der Waals surface area (Å²) in [5.74, 6) is -0.881. The minimum Gasteiger partial charge on any atom is -0.462 e. The Kier molecular flexibility index (Phi) is 26.6. The highest BCUT2D eigenvalue weighted by Gasteiger charge is 2.22. The number of hydrogen-bond donors (Lipinski definition) is 2. The van der Waals surface area contributed by atoms with Gasteiger partial charge in [0.25, 0.3) is 0 Å². The van der Waals surface area contributed by atoms with E-state index in [4.69, 9.17) is 19.3 Å². The predicted molar refractivity (Wildman–Crippen MR) is 156 cm³/mol. The van der Waals surface area contributed by atoms with Gasteiger partial charge in [-0.05, 0) is 12.8 Å². The zero-order valence-electron chi connectivity index (χ0n) is 25.0. The standard InChI is InChI=1S/C30H59O8P/c1-3-5-7-9-11-13-15-17-18-20-22-24-29(31)36-26-28(27-37-39(33,34)35)38-30(32)25-23-21-19-16-14-12-10-8-6-4-2/h28H,3-27H2,1-2H3,(H2,33,34,35)/t28-/m1/s1. The lowest BCUT2D eigenvalue weighted by Gasteiger charge is -2.18. The SMILES string of the molecule is CCCCCCCCCCCCCC(=O)OC[C@H](COP(=O)(O)O)OC(=O)CCCCCCCCCCCC. The molecule has 9 heteroatoms. The van der Waals surface area contributed by atoms with E-state index in [2.05, 4.69) is 18.4 Å². The zero-order valence-corrected chi connectivity index (χ0v) is 25.9. The molecule has 0 amide bonds. The predicted octanol–water partition coefficient (Wildman–Crippen LogP) is 8.56. The Bertz CT molecular complexity index is 622. The number of ether oxygens (including phenoxy) is 2. The number of hydrogen-bond acceptors (Lipinski definition) is 6. The second kappa shape index (κ2) is 27.2. The van der Waals surface area contributed by atoms with Gasteiger partial charge in [-0.1, -0.05) is 136 Å². The summed E-state index contributed by atoms with van der Waals surface area (Å²) in [5, 5.41) is 0. The van der Waals surface area contributed by atoms with E-state index < -0.39 is 32.5 Å². The summed E-state index contributed by atoms with van der Waals surface area (Å²) in [5.41, 5.74) is 0. The highest BCUT2D eigenvalue weighted by molar-refractivity contribution is 7.46. The van der Waals surface area contributed by atoms with E-state index in [1.165, 1.54) is 89.9 Å². The maximum atomic E-state index is 12.2. The summed E-state index contributed by atoms with van der Waals surface area (Å²) in [6.45, 7) is 3.63. The van der Waals surface area contributed by atoms with Gasteiger partial charge in [0, 0.05) is 12.8 Å². The summed E-state index contributed by atoms with van der Waals surface area (Å²) in [7, 11) is -4.73. The van der Waals surface area contributed by atoms with Gasteiger partial charge < -0.3 is 19.3 Å². The van der Waals surface area contributed by atoms with E-state index in [0.717, 1.165) is 38.5 Å². The third-order valence-electron chi connectivity index (χ3n) is 6.88. The zero-order chi connectivity index (χ0) is 29.0. The first-order valence-electron chi connectivity index (χ1n) is 15.8. The fourth-order valence-electron chi connectivity index (χ4n) is 4.49. The Morgan fingerprint density at radius 1 is 0.564 bits per heavy atom. The van der Waals surface area contributed by atoms with Crippen molar-refractivity contribution in [2.75, 3.05) is 13.2 Å². The molecular weight excluding hydrogens is 519 g/mol. The van der Waals surface area contributed by atoms with Crippen LogP contribution < -0.4 is 0 Å².